The Hall–Kier alpha value is -2.30. The number of hydrogen-bond acceptors (Lipinski definition) is 3. The van der Waals surface area contributed by atoms with Gasteiger partial charge in [0.25, 0.3) is 5.91 Å². The molecular weight excluding hydrogens is 334 g/mol. The van der Waals surface area contributed by atoms with Gasteiger partial charge in [-0.3, -0.25) is 4.79 Å². The minimum Gasteiger partial charge on any atom is -0.368 e. The van der Waals surface area contributed by atoms with Crippen molar-refractivity contribution in [3.8, 4) is 0 Å². The lowest BCUT2D eigenvalue weighted by atomic mass is 10.0. The molecule has 2 aromatic rings. The number of fused-ring (bicyclic) bond motifs is 1. The van der Waals surface area contributed by atoms with Crippen molar-refractivity contribution in [1.82, 2.24) is 4.90 Å². The zero-order chi connectivity index (χ0) is 17.4. The van der Waals surface area contributed by atoms with Gasteiger partial charge >= 0.3 is 0 Å². The highest BCUT2D eigenvalue weighted by molar-refractivity contribution is 6.36. The van der Waals surface area contributed by atoms with Crippen molar-refractivity contribution in [2.24, 2.45) is 0 Å². The van der Waals surface area contributed by atoms with Gasteiger partial charge in [0.15, 0.2) is 0 Å². The molecule has 4 rings (SSSR count). The van der Waals surface area contributed by atoms with E-state index in [1.54, 1.807) is 6.07 Å². The maximum absolute atomic E-state index is 12.4. The van der Waals surface area contributed by atoms with Crippen LogP contribution in [0.3, 0.4) is 0 Å². The summed E-state index contributed by atoms with van der Waals surface area (Å²) in [4.78, 5) is 17.2. The van der Waals surface area contributed by atoms with Crippen LogP contribution in [0.2, 0.25) is 5.02 Å². The van der Waals surface area contributed by atoms with Gasteiger partial charge in [0.2, 0.25) is 0 Å². The van der Waals surface area contributed by atoms with Crippen molar-refractivity contribution in [3.05, 3.63) is 58.6 Å². The van der Waals surface area contributed by atoms with Crippen molar-refractivity contribution in [2.45, 2.75) is 0 Å². The highest BCUT2D eigenvalue weighted by Crippen LogP contribution is 2.36. The van der Waals surface area contributed by atoms with E-state index in [4.69, 9.17) is 11.6 Å². The highest BCUT2D eigenvalue weighted by atomic mass is 35.5. The highest BCUT2D eigenvalue weighted by Gasteiger charge is 2.25. The fourth-order valence-corrected chi connectivity index (χ4v) is 3.58. The molecule has 5 heteroatoms. The number of likely N-dealkylation sites (N-methyl/N-ethyl adjacent to an activating group) is 1. The van der Waals surface area contributed by atoms with Crippen LogP contribution in [0.4, 0.5) is 11.4 Å². The third kappa shape index (κ3) is 3.15. The number of piperazine rings is 1. The largest absolute Gasteiger partial charge is 0.368 e. The Bertz CT molecular complexity index is 854. The molecule has 0 radical (unpaired) electrons. The average molecular weight is 354 g/mol. The summed E-state index contributed by atoms with van der Waals surface area (Å²) in [5.41, 5.74) is 4.62. The van der Waals surface area contributed by atoms with Gasteiger partial charge in [-0.25, -0.2) is 0 Å². The fraction of sp³-hybridized carbons (Fsp3) is 0.250. The third-order valence-corrected chi connectivity index (χ3v) is 5.08. The molecule has 2 aliphatic heterocycles. The van der Waals surface area contributed by atoms with E-state index >= 15 is 0 Å². The lowest BCUT2D eigenvalue weighted by molar-refractivity contribution is -0.110. The van der Waals surface area contributed by atoms with Crippen LogP contribution in [0, 0.1) is 0 Å². The Morgan fingerprint density at radius 1 is 1.08 bits per heavy atom. The summed E-state index contributed by atoms with van der Waals surface area (Å²) in [5, 5.41) is 3.52. The molecule has 128 valence electrons. The number of anilines is 2. The number of rotatable bonds is 2. The molecular formula is C20H20ClN3O. The molecule has 0 atom stereocenters. The summed E-state index contributed by atoms with van der Waals surface area (Å²) in [5.74, 6) is -0.0783. The number of para-hydroxylation sites is 1. The van der Waals surface area contributed by atoms with Crippen molar-refractivity contribution in [2.75, 3.05) is 43.4 Å². The molecule has 0 aliphatic carbocycles. The number of hydrogen-bond donors (Lipinski definition) is 1. The van der Waals surface area contributed by atoms with Crippen molar-refractivity contribution >= 4 is 40.5 Å². The first-order chi connectivity index (χ1) is 12.1. The molecule has 1 N–H and O–H groups in total. The molecule has 1 saturated heterocycles. The second-order valence-electron chi connectivity index (χ2n) is 6.55. The fourth-order valence-electron chi connectivity index (χ4n) is 3.41. The summed E-state index contributed by atoms with van der Waals surface area (Å²) >= 11 is 6.04. The van der Waals surface area contributed by atoms with Gasteiger partial charge in [-0.1, -0.05) is 35.9 Å². The van der Waals surface area contributed by atoms with Crippen LogP contribution < -0.4 is 10.2 Å². The predicted octanol–water partition coefficient (Wildman–Crippen LogP) is 3.58. The van der Waals surface area contributed by atoms with Crippen LogP contribution >= 0.6 is 11.6 Å². The maximum Gasteiger partial charge on any atom is 0.256 e. The molecule has 4 nitrogen and oxygen atoms in total. The Kier molecular flexibility index (Phi) is 4.24. The first-order valence-electron chi connectivity index (χ1n) is 8.47. The number of benzene rings is 2. The summed E-state index contributed by atoms with van der Waals surface area (Å²) in [6.07, 6.45) is 1.99. The van der Waals surface area contributed by atoms with Crippen LogP contribution in [-0.4, -0.2) is 44.0 Å². The van der Waals surface area contributed by atoms with E-state index in [0.717, 1.165) is 43.0 Å². The summed E-state index contributed by atoms with van der Waals surface area (Å²) < 4.78 is 0. The summed E-state index contributed by atoms with van der Waals surface area (Å²) in [6, 6.07) is 13.8. The zero-order valence-corrected chi connectivity index (χ0v) is 14.9. The van der Waals surface area contributed by atoms with E-state index < -0.39 is 0 Å². The topological polar surface area (TPSA) is 35.6 Å². The van der Waals surface area contributed by atoms with Gasteiger partial charge in [-0.15, -0.1) is 0 Å². The van der Waals surface area contributed by atoms with Crippen LogP contribution in [0.25, 0.3) is 11.6 Å². The minimum atomic E-state index is -0.0783. The van der Waals surface area contributed by atoms with E-state index in [-0.39, 0.29) is 5.91 Å². The molecule has 0 bridgehead atoms. The lowest BCUT2D eigenvalue weighted by Crippen LogP contribution is -2.44. The van der Waals surface area contributed by atoms with Crippen molar-refractivity contribution in [1.29, 1.82) is 0 Å². The van der Waals surface area contributed by atoms with E-state index in [1.165, 1.54) is 5.69 Å². The summed E-state index contributed by atoms with van der Waals surface area (Å²) in [6.45, 7) is 4.09. The quantitative estimate of drug-likeness (QED) is 0.838. The second-order valence-corrected chi connectivity index (χ2v) is 6.99. The number of carbonyl (C=O) groups excluding carboxylic acids is 1. The molecule has 0 saturated carbocycles. The molecule has 1 amide bonds. The number of nitrogens with zero attached hydrogens (tertiary/aromatic N) is 2. The van der Waals surface area contributed by atoms with Gasteiger partial charge in [0, 0.05) is 48.0 Å². The van der Waals surface area contributed by atoms with Crippen LogP contribution in [-0.2, 0) is 4.79 Å². The smallest absolute Gasteiger partial charge is 0.256 e. The van der Waals surface area contributed by atoms with E-state index in [2.05, 4.69) is 40.4 Å². The van der Waals surface area contributed by atoms with E-state index in [1.807, 2.05) is 24.3 Å². The molecule has 25 heavy (non-hydrogen) atoms. The zero-order valence-electron chi connectivity index (χ0n) is 14.1. The number of nitrogens with one attached hydrogen (secondary N) is 1. The van der Waals surface area contributed by atoms with Gasteiger partial charge in [-0.05, 0) is 36.9 Å². The standard InChI is InChI=1S/C20H20ClN3O/c1-23-8-10-24(11-9-23)19-5-3-2-4-14(19)12-17-16-7-6-15(21)13-18(16)22-20(17)25/h2-7,12-13H,8-11H2,1H3,(H,22,25)/b17-12+. The van der Waals surface area contributed by atoms with Crippen LogP contribution in [0.15, 0.2) is 42.5 Å². The van der Waals surface area contributed by atoms with Gasteiger partial charge in [0.1, 0.15) is 0 Å². The number of carbonyl (C=O) groups is 1. The Labute approximate surface area is 152 Å². The van der Waals surface area contributed by atoms with Crippen molar-refractivity contribution in [3.63, 3.8) is 0 Å². The molecule has 0 spiro atoms. The van der Waals surface area contributed by atoms with E-state index in [9.17, 15) is 4.79 Å². The monoisotopic (exact) mass is 353 g/mol. The Balaban J connectivity index is 1.72. The normalized spacial score (nSPS) is 19.2. The number of halogens is 1. The molecule has 1 fully saturated rings. The third-order valence-electron chi connectivity index (χ3n) is 4.85. The first-order valence-corrected chi connectivity index (χ1v) is 8.85. The minimum absolute atomic E-state index is 0.0783. The Morgan fingerprint density at radius 3 is 2.64 bits per heavy atom. The average Bonchev–Trinajstić information content (AvgIpc) is 2.91. The molecule has 2 aliphatic rings. The second kappa shape index (κ2) is 6.54. The van der Waals surface area contributed by atoms with Crippen molar-refractivity contribution < 1.29 is 4.79 Å². The molecule has 0 unspecified atom stereocenters. The molecule has 2 heterocycles. The van der Waals surface area contributed by atoms with Crippen LogP contribution in [0.5, 0.6) is 0 Å². The van der Waals surface area contributed by atoms with E-state index in [0.29, 0.717) is 10.6 Å². The predicted molar refractivity (Wildman–Crippen MR) is 104 cm³/mol. The van der Waals surface area contributed by atoms with Crippen LogP contribution in [0.1, 0.15) is 11.1 Å². The van der Waals surface area contributed by atoms with Gasteiger partial charge in [0.05, 0.1) is 5.69 Å². The maximum atomic E-state index is 12.4. The lowest BCUT2D eigenvalue weighted by Gasteiger charge is -2.35. The first kappa shape index (κ1) is 16.2. The summed E-state index contributed by atoms with van der Waals surface area (Å²) in [7, 11) is 2.15. The Morgan fingerprint density at radius 2 is 1.84 bits per heavy atom. The van der Waals surface area contributed by atoms with Gasteiger partial charge < -0.3 is 15.1 Å². The van der Waals surface area contributed by atoms with Gasteiger partial charge in [-0.2, -0.15) is 0 Å². The molecule has 0 aromatic heterocycles. The molecule has 2 aromatic carbocycles. The number of amides is 1. The SMILES string of the molecule is CN1CCN(c2ccccc2/C=C2/C(=O)Nc3cc(Cl)ccc32)CC1.